The number of hydrogen-bond donors (Lipinski definition) is 2. The number of phenols is 1. The Morgan fingerprint density at radius 2 is 2.06 bits per heavy atom. The van der Waals surface area contributed by atoms with E-state index < -0.39 is 0 Å². The lowest BCUT2D eigenvalue weighted by molar-refractivity contribution is 0.169. The molecule has 0 spiro atoms. The van der Waals surface area contributed by atoms with Crippen molar-refractivity contribution in [1.29, 1.82) is 0 Å². The molecule has 3 nitrogen and oxygen atoms in total. The molecule has 0 radical (unpaired) electrons. The van der Waals surface area contributed by atoms with Crippen LogP contribution in [0.3, 0.4) is 0 Å². The first kappa shape index (κ1) is 13.4. The second-order valence-electron chi connectivity index (χ2n) is 5.42. The van der Waals surface area contributed by atoms with E-state index in [0.29, 0.717) is 17.8 Å². The van der Waals surface area contributed by atoms with Crippen LogP contribution in [0.4, 0.5) is 0 Å². The first-order valence-corrected chi connectivity index (χ1v) is 6.86. The van der Waals surface area contributed by atoms with Gasteiger partial charge in [0.2, 0.25) is 0 Å². The van der Waals surface area contributed by atoms with Gasteiger partial charge in [0.1, 0.15) is 5.75 Å². The highest BCUT2D eigenvalue weighted by Gasteiger charge is 2.21. The Hall–Kier alpha value is -1.06. The number of nitrogens with zero attached hydrogens (tertiary/aromatic N) is 1. The zero-order valence-corrected chi connectivity index (χ0v) is 11.4. The van der Waals surface area contributed by atoms with Crippen LogP contribution in [-0.2, 0) is 6.42 Å². The molecular formula is C15H24N2O. The van der Waals surface area contributed by atoms with Crippen LogP contribution in [0.25, 0.3) is 0 Å². The van der Waals surface area contributed by atoms with Gasteiger partial charge in [-0.15, -0.1) is 0 Å². The van der Waals surface area contributed by atoms with Gasteiger partial charge < -0.3 is 15.3 Å². The molecule has 18 heavy (non-hydrogen) atoms. The zero-order chi connectivity index (χ0) is 13.0. The molecule has 2 rings (SSSR count). The van der Waals surface area contributed by atoms with Crippen LogP contribution >= 0.6 is 0 Å². The number of piperidine rings is 1. The van der Waals surface area contributed by atoms with Crippen LogP contribution in [0.2, 0.25) is 0 Å². The van der Waals surface area contributed by atoms with Crippen molar-refractivity contribution in [2.45, 2.75) is 38.3 Å². The monoisotopic (exact) mass is 248 g/mol. The van der Waals surface area contributed by atoms with Gasteiger partial charge in [-0.05, 0) is 64.0 Å². The molecule has 0 saturated carbocycles. The predicted molar refractivity (Wildman–Crippen MR) is 74.9 cm³/mol. The fourth-order valence-electron chi connectivity index (χ4n) is 2.56. The van der Waals surface area contributed by atoms with Gasteiger partial charge in [-0.3, -0.25) is 0 Å². The molecule has 3 heteroatoms. The molecule has 1 heterocycles. The van der Waals surface area contributed by atoms with Crippen molar-refractivity contribution < 1.29 is 5.11 Å². The minimum atomic E-state index is 0.343. The van der Waals surface area contributed by atoms with Crippen molar-refractivity contribution in [3.05, 3.63) is 29.8 Å². The summed E-state index contributed by atoms with van der Waals surface area (Å²) in [6.45, 7) is 4.51. The van der Waals surface area contributed by atoms with E-state index >= 15 is 0 Å². The van der Waals surface area contributed by atoms with Crippen molar-refractivity contribution in [3.8, 4) is 5.75 Å². The van der Waals surface area contributed by atoms with Gasteiger partial charge in [-0.2, -0.15) is 0 Å². The Morgan fingerprint density at radius 1 is 1.33 bits per heavy atom. The zero-order valence-electron chi connectivity index (χ0n) is 11.4. The van der Waals surface area contributed by atoms with E-state index in [1.165, 1.54) is 24.9 Å². The average Bonchev–Trinajstić information content (AvgIpc) is 2.36. The molecule has 2 unspecified atom stereocenters. The van der Waals surface area contributed by atoms with Gasteiger partial charge in [0, 0.05) is 12.1 Å². The summed E-state index contributed by atoms with van der Waals surface area (Å²) in [6, 6.07) is 8.85. The second kappa shape index (κ2) is 6.21. The minimum absolute atomic E-state index is 0.343. The first-order valence-electron chi connectivity index (χ1n) is 6.86. The fraction of sp³-hybridized carbons (Fsp3) is 0.600. The molecule has 1 saturated heterocycles. The molecule has 2 atom stereocenters. The first-order chi connectivity index (χ1) is 8.65. The molecule has 1 aliphatic rings. The van der Waals surface area contributed by atoms with E-state index in [1.54, 1.807) is 12.1 Å². The summed E-state index contributed by atoms with van der Waals surface area (Å²) in [7, 11) is 2.21. The topological polar surface area (TPSA) is 35.5 Å². The summed E-state index contributed by atoms with van der Waals surface area (Å²) in [4.78, 5) is 2.43. The number of likely N-dealkylation sites (tertiary alicyclic amines) is 1. The van der Waals surface area contributed by atoms with Crippen molar-refractivity contribution in [2.75, 3.05) is 20.1 Å². The second-order valence-corrected chi connectivity index (χ2v) is 5.42. The van der Waals surface area contributed by atoms with Crippen LogP contribution in [0.15, 0.2) is 24.3 Å². The average molecular weight is 248 g/mol. The van der Waals surface area contributed by atoms with Crippen molar-refractivity contribution in [1.82, 2.24) is 10.2 Å². The maximum atomic E-state index is 9.22. The molecule has 0 amide bonds. The van der Waals surface area contributed by atoms with Crippen LogP contribution in [0.1, 0.15) is 25.3 Å². The Kier molecular flexibility index (Phi) is 4.61. The third-order valence-electron chi connectivity index (χ3n) is 3.99. The van der Waals surface area contributed by atoms with Crippen molar-refractivity contribution >= 4 is 0 Å². The molecule has 0 bridgehead atoms. The molecule has 0 aliphatic carbocycles. The highest BCUT2D eigenvalue weighted by atomic mass is 16.3. The van der Waals surface area contributed by atoms with E-state index in [-0.39, 0.29) is 0 Å². The fourth-order valence-corrected chi connectivity index (χ4v) is 2.56. The predicted octanol–water partition coefficient (Wildman–Crippen LogP) is 2.01. The number of rotatable bonds is 4. The molecule has 1 fully saturated rings. The Balaban J connectivity index is 1.71. The lowest BCUT2D eigenvalue weighted by Crippen LogP contribution is -2.46. The van der Waals surface area contributed by atoms with Crippen LogP contribution < -0.4 is 5.32 Å². The number of aromatic hydroxyl groups is 1. The van der Waals surface area contributed by atoms with Crippen LogP contribution in [0, 0.1) is 0 Å². The maximum Gasteiger partial charge on any atom is 0.115 e. The van der Waals surface area contributed by atoms with E-state index in [2.05, 4.69) is 24.2 Å². The Morgan fingerprint density at radius 3 is 2.72 bits per heavy atom. The van der Waals surface area contributed by atoms with Crippen molar-refractivity contribution in [3.63, 3.8) is 0 Å². The van der Waals surface area contributed by atoms with Gasteiger partial charge in [-0.25, -0.2) is 0 Å². The summed E-state index contributed by atoms with van der Waals surface area (Å²) >= 11 is 0. The van der Waals surface area contributed by atoms with Crippen LogP contribution in [0.5, 0.6) is 5.75 Å². The van der Waals surface area contributed by atoms with Gasteiger partial charge in [0.05, 0.1) is 0 Å². The van der Waals surface area contributed by atoms with Crippen LogP contribution in [-0.4, -0.2) is 42.2 Å². The summed E-state index contributed by atoms with van der Waals surface area (Å²) in [6.07, 6.45) is 3.52. The van der Waals surface area contributed by atoms with E-state index in [4.69, 9.17) is 0 Å². The molecular weight excluding hydrogens is 224 g/mol. The van der Waals surface area contributed by atoms with Crippen molar-refractivity contribution in [2.24, 2.45) is 0 Å². The summed E-state index contributed by atoms with van der Waals surface area (Å²) in [5.41, 5.74) is 1.28. The highest BCUT2D eigenvalue weighted by Crippen LogP contribution is 2.15. The van der Waals surface area contributed by atoms with E-state index in [1.807, 2.05) is 12.1 Å². The smallest absolute Gasteiger partial charge is 0.115 e. The third kappa shape index (κ3) is 3.72. The standard InChI is InChI=1S/C15H24N2O/c1-12-11-14(8-10-17(12)2)16-9-7-13-3-5-15(18)6-4-13/h3-6,12,14,16,18H,7-11H2,1-2H3. The van der Waals surface area contributed by atoms with E-state index in [9.17, 15) is 5.11 Å². The SMILES string of the molecule is CC1CC(NCCc2ccc(O)cc2)CCN1C. The minimum Gasteiger partial charge on any atom is -0.508 e. The van der Waals surface area contributed by atoms with Gasteiger partial charge >= 0.3 is 0 Å². The van der Waals surface area contributed by atoms with Gasteiger partial charge in [0.15, 0.2) is 0 Å². The normalized spacial score (nSPS) is 25.2. The molecule has 100 valence electrons. The Labute approximate surface area is 110 Å². The lowest BCUT2D eigenvalue weighted by atomic mass is 9.99. The largest absolute Gasteiger partial charge is 0.508 e. The maximum absolute atomic E-state index is 9.22. The number of phenolic OH excluding ortho intramolecular Hbond substituents is 1. The van der Waals surface area contributed by atoms with E-state index in [0.717, 1.165) is 13.0 Å². The number of hydrogen-bond acceptors (Lipinski definition) is 3. The highest BCUT2D eigenvalue weighted by molar-refractivity contribution is 5.25. The lowest BCUT2D eigenvalue weighted by Gasteiger charge is -2.35. The molecule has 1 aromatic carbocycles. The molecule has 0 aromatic heterocycles. The quantitative estimate of drug-likeness (QED) is 0.855. The summed E-state index contributed by atoms with van der Waals surface area (Å²) in [5, 5.41) is 12.9. The molecule has 1 aliphatic heterocycles. The molecule has 2 N–H and O–H groups in total. The summed E-state index contributed by atoms with van der Waals surface area (Å²) in [5.74, 6) is 0.343. The third-order valence-corrected chi connectivity index (χ3v) is 3.99. The number of nitrogens with one attached hydrogen (secondary N) is 1. The molecule has 1 aromatic rings. The summed E-state index contributed by atoms with van der Waals surface area (Å²) < 4.78 is 0. The van der Waals surface area contributed by atoms with Gasteiger partial charge in [0.25, 0.3) is 0 Å². The Bertz CT molecular complexity index is 363. The van der Waals surface area contributed by atoms with Gasteiger partial charge in [-0.1, -0.05) is 12.1 Å². The number of benzene rings is 1.